The lowest BCUT2D eigenvalue weighted by molar-refractivity contribution is 0.148. The van der Waals surface area contributed by atoms with Gasteiger partial charge in [-0.25, -0.2) is 4.79 Å². The molecule has 0 radical (unpaired) electrons. The lowest BCUT2D eigenvalue weighted by Crippen LogP contribution is -2.20. The first kappa shape index (κ1) is 15.0. The molecule has 0 amide bonds. The third kappa shape index (κ3) is 3.37. The lowest BCUT2D eigenvalue weighted by atomic mass is 9.97. The first-order valence-corrected chi connectivity index (χ1v) is 7.08. The van der Waals surface area contributed by atoms with Crippen molar-refractivity contribution < 1.29 is 9.52 Å². The molecule has 0 bridgehead atoms. The molecule has 0 saturated carbocycles. The standard InChI is InChI=1S/C14H17BrN2O3/c1-14(2,3)12-16-17(13(19)20-12)8-11(18)9-5-4-6-10(15)7-9/h4-7,11,18H,8H2,1-3H3. The number of rotatable bonds is 3. The molecule has 0 saturated heterocycles. The van der Waals surface area contributed by atoms with E-state index in [-0.39, 0.29) is 12.0 Å². The molecule has 0 aliphatic carbocycles. The van der Waals surface area contributed by atoms with Crippen LogP contribution >= 0.6 is 15.9 Å². The Kier molecular flexibility index (Phi) is 4.15. The third-order valence-corrected chi connectivity index (χ3v) is 3.32. The predicted octanol–water partition coefficient (Wildman–Crippen LogP) is 2.63. The molecule has 0 aliphatic heterocycles. The van der Waals surface area contributed by atoms with Crippen LogP contribution in [-0.2, 0) is 12.0 Å². The smallest absolute Gasteiger partial charge is 0.392 e. The van der Waals surface area contributed by atoms with Crippen molar-refractivity contribution in [3.63, 3.8) is 0 Å². The fourth-order valence-corrected chi connectivity index (χ4v) is 2.12. The summed E-state index contributed by atoms with van der Waals surface area (Å²) in [5, 5.41) is 14.3. The number of aromatic nitrogens is 2. The molecule has 0 spiro atoms. The van der Waals surface area contributed by atoms with Crippen LogP contribution in [0.1, 0.15) is 38.3 Å². The number of aliphatic hydroxyl groups excluding tert-OH is 1. The first-order valence-electron chi connectivity index (χ1n) is 6.29. The van der Waals surface area contributed by atoms with Crippen molar-refractivity contribution in [2.24, 2.45) is 0 Å². The average molecular weight is 341 g/mol. The molecule has 0 fully saturated rings. The number of nitrogens with zero attached hydrogens (tertiary/aromatic N) is 2. The quantitative estimate of drug-likeness (QED) is 0.932. The highest BCUT2D eigenvalue weighted by Gasteiger charge is 2.23. The highest BCUT2D eigenvalue weighted by Crippen LogP contribution is 2.21. The van der Waals surface area contributed by atoms with Gasteiger partial charge in [0, 0.05) is 9.89 Å². The van der Waals surface area contributed by atoms with Crippen molar-refractivity contribution in [1.82, 2.24) is 9.78 Å². The van der Waals surface area contributed by atoms with Crippen LogP contribution in [-0.4, -0.2) is 14.9 Å². The van der Waals surface area contributed by atoms with Gasteiger partial charge >= 0.3 is 5.76 Å². The van der Waals surface area contributed by atoms with Gasteiger partial charge in [-0.2, -0.15) is 4.68 Å². The van der Waals surface area contributed by atoms with Crippen molar-refractivity contribution in [3.05, 3.63) is 50.7 Å². The summed E-state index contributed by atoms with van der Waals surface area (Å²) in [6, 6.07) is 7.30. The van der Waals surface area contributed by atoms with Gasteiger partial charge in [-0.15, -0.1) is 5.10 Å². The second-order valence-corrected chi connectivity index (χ2v) is 6.59. The van der Waals surface area contributed by atoms with Crippen LogP contribution in [0.3, 0.4) is 0 Å². The largest absolute Gasteiger partial charge is 0.437 e. The van der Waals surface area contributed by atoms with E-state index in [4.69, 9.17) is 4.42 Å². The van der Waals surface area contributed by atoms with E-state index in [1.54, 1.807) is 12.1 Å². The Morgan fingerprint density at radius 2 is 2.15 bits per heavy atom. The van der Waals surface area contributed by atoms with E-state index in [2.05, 4.69) is 21.0 Å². The van der Waals surface area contributed by atoms with E-state index in [0.29, 0.717) is 11.5 Å². The number of benzene rings is 1. The maximum atomic E-state index is 11.7. The molecular weight excluding hydrogens is 324 g/mol. The minimum Gasteiger partial charge on any atom is -0.392 e. The van der Waals surface area contributed by atoms with E-state index in [1.165, 1.54) is 0 Å². The summed E-state index contributed by atoms with van der Waals surface area (Å²) < 4.78 is 7.15. The molecule has 1 atom stereocenters. The van der Waals surface area contributed by atoms with E-state index in [1.807, 2.05) is 32.9 Å². The molecular formula is C14H17BrN2O3. The molecule has 1 N–H and O–H groups in total. The highest BCUT2D eigenvalue weighted by molar-refractivity contribution is 9.10. The minimum absolute atomic E-state index is 0.0644. The van der Waals surface area contributed by atoms with Crippen LogP contribution in [0, 0.1) is 0 Å². The van der Waals surface area contributed by atoms with E-state index in [0.717, 1.165) is 9.15 Å². The minimum atomic E-state index is -0.817. The number of halogens is 1. The first-order chi connectivity index (χ1) is 9.27. The number of hydrogen-bond donors (Lipinski definition) is 1. The Morgan fingerprint density at radius 1 is 1.45 bits per heavy atom. The summed E-state index contributed by atoms with van der Waals surface area (Å²) in [5.41, 5.74) is 0.372. The van der Waals surface area contributed by atoms with Gasteiger partial charge in [0.05, 0.1) is 12.6 Å². The zero-order valence-electron chi connectivity index (χ0n) is 11.6. The summed E-state index contributed by atoms with van der Waals surface area (Å²) in [6.07, 6.45) is -0.817. The second-order valence-electron chi connectivity index (χ2n) is 5.68. The Morgan fingerprint density at radius 3 is 2.70 bits per heavy atom. The highest BCUT2D eigenvalue weighted by atomic mass is 79.9. The van der Waals surface area contributed by atoms with Gasteiger partial charge in [-0.3, -0.25) is 0 Å². The average Bonchev–Trinajstić information content (AvgIpc) is 2.71. The van der Waals surface area contributed by atoms with Crippen LogP contribution in [0.5, 0.6) is 0 Å². The molecule has 2 rings (SSSR count). The Hall–Kier alpha value is -1.40. The molecule has 20 heavy (non-hydrogen) atoms. The zero-order chi connectivity index (χ0) is 14.9. The number of aliphatic hydroxyl groups is 1. The number of hydrogen-bond acceptors (Lipinski definition) is 4. The summed E-state index contributed by atoms with van der Waals surface area (Å²) in [6.45, 7) is 5.79. The van der Waals surface area contributed by atoms with Gasteiger partial charge in [-0.1, -0.05) is 48.8 Å². The van der Waals surface area contributed by atoms with Crippen LogP contribution in [0.4, 0.5) is 0 Å². The monoisotopic (exact) mass is 340 g/mol. The van der Waals surface area contributed by atoms with E-state index >= 15 is 0 Å². The summed E-state index contributed by atoms with van der Waals surface area (Å²) in [5.74, 6) is -0.187. The zero-order valence-corrected chi connectivity index (χ0v) is 13.2. The van der Waals surface area contributed by atoms with Crippen LogP contribution in [0.15, 0.2) is 37.9 Å². The van der Waals surface area contributed by atoms with Crippen molar-refractivity contribution in [2.75, 3.05) is 0 Å². The van der Waals surface area contributed by atoms with Gasteiger partial charge in [0.2, 0.25) is 5.89 Å². The molecule has 6 heteroatoms. The maximum Gasteiger partial charge on any atom is 0.437 e. The SMILES string of the molecule is CC(C)(C)c1nn(CC(O)c2cccc(Br)c2)c(=O)o1. The summed E-state index contributed by atoms with van der Waals surface area (Å²) in [4.78, 5) is 11.7. The van der Waals surface area contributed by atoms with Gasteiger partial charge < -0.3 is 9.52 Å². The van der Waals surface area contributed by atoms with Crippen LogP contribution in [0.25, 0.3) is 0 Å². The molecule has 1 aromatic carbocycles. The molecule has 1 aromatic heterocycles. The molecule has 2 aromatic rings. The van der Waals surface area contributed by atoms with Gasteiger partial charge in [0.15, 0.2) is 0 Å². The molecule has 108 valence electrons. The Bertz CT molecular complexity index is 655. The summed E-state index contributed by atoms with van der Waals surface area (Å²) in [7, 11) is 0. The fourth-order valence-electron chi connectivity index (χ4n) is 1.71. The van der Waals surface area contributed by atoms with Crippen LogP contribution in [0.2, 0.25) is 0 Å². The van der Waals surface area contributed by atoms with E-state index < -0.39 is 11.9 Å². The Balaban J connectivity index is 2.22. The molecule has 1 heterocycles. The predicted molar refractivity (Wildman–Crippen MR) is 78.6 cm³/mol. The second kappa shape index (κ2) is 5.54. The normalized spacial score (nSPS) is 13.4. The topological polar surface area (TPSA) is 68.3 Å². The van der Waals surface area contributed by atoms with Crippen molar-refractivity contribution in [1.29, 1.82) is 0 Å². The third-order valence-electron chi connectivity index (χ3n) is 2.83. The van der Waals surface area contributed by atoms with Crippen LogP contribution < -0.4 is 5.76 Å². The van der Waals surface area contributed by atoms with Crippen molar-refractivity contribution in [2.45, 2.75) is 38.8 Å². The van der Waals surface area contributed by atoms with Crippen molar-refractivity contribution >= 4 is 15.9 Å². The molecule has 0 aliphatic rings. The lowest BCUT2D eigenvalue weighted by Gasteiger charge is -2.12. The van der Waals surface area contributed by atoms with Gasteiger partial charge in [0.25, 0.3) is 0 Å². The maximum absolute atomic E-state index is 11.7. The Labute approximate surface area is 125 Å². The summed E-state index contributed by atoms with van der Waals surface area (Å²) >= 11 is 3.35. The molecule has 1 unspecified atom stereocenters. The molecule has 5 nitrogen and oxygen atoms in total. The van der Waals surface area contributed by atoms with Gasteiger partial charge in [0.1, 0.15) is 0 Å². The fraction of sp³-hybridized carbons (Fsp3) is 0.429. The van der Waals surface area contributed by atoms with E-state index in [9.17, 15) is 9.90 Å². The van der Waals surface area contributed by atoms with Crippen molar-refractivity contribution in [3.8, 4) is 0 Å². The van der Waals surface area contributed by atoms with Gasteiger partial charge in [-0.05, 0) is 17.7 Å².